The zero-order valence-corrected chi connectivity index (χ0v) is 9.88. The molecule has 8 heteroatoms. The number of halogens is 4. The highest BCUT2D eigenvalue weighted by Gasteiger charge is 2.38. The van der Waals surface area contributed by atoms with Crippen LogP contribution in [0.2, 0.25) is 0 Å². The van der Waals surface area contributed by atoms with Gasteiger partial charge in [0.2, 0.25) is 0 Å². The molecule has 2 rings (SSSR count). The van der Waals surface area contributed by atoms with Gasteiger partial charge in [0.1, 0.15) is 5.82 Å². The highest BCUT2D eigenvalue weighted by molar-refractivity contribution is 9.10. The van der Waals surface area contributed by atoms with Crippen molar-refractivity contribution < 1.29 is 18.3 Å². The molecular formula is C9H7BrF3N3O. The first kappa shape index (κ1) is 12.3. The van der Waals surface area contributed by atoms with Crippen molar-refractivity contribution in [2.24, 2.45) is 0 Å². The Labute approximate surface area is 102 Å². The van der Waals surface area contributed by atoms with Crippen molar-refractivity contribution in [1.29, 1.82) is 0 Å². The molecule has 0 aromatic carbocycles. The van der Waals surface area contributed by atoms with Crippen molar-refractivity contribution in [3.05, 3.63) is 22.6 Å². The molecule has 0 amide bonds. The van der Waals surface area contributed by atoms with Gasteiger partial charge in [0.25, 0.3) is 0 Å². The van der Waals surface area contributed by atoms with E-state index in [1.165, 1.54) is 6.20 Å². The van der Waals surface area contributed by atoms with E-state index in [4.69, 9.17) is 5.11 Å². The van der Waals surface area contributed by atoms with E-state index in [0.717, 1.165) is 0 Å². The van der Waals surface area contributed by atoms with Crippen LogP contribution in [0, 0.1) is 0 Å². The molecule has 0 fully saturated rings. The molecule has 0 radical (unpaired) electrons. The molecular weight excluding hydrogens is 303 g/mol. The van der Waals surface area contributed by atoms with Gasteiger partial charge in [-0.05, 0) is 22.0 Å². The third-order valence-electron chi connectivity index (χ3n) is 2.12. The molecule has 0 aliphatic heterocycles. The summed E-state index contributed by atoms with van der Waals surface area (Å²) in [5.41, 5.74) is 0.835. The van der Waals surface area contributed by atoms with Crippen LogP contribution in [0.5, 0.6) is 0 Å². The molecule has 2 aromatic rings. The predicted molar refractivity (Wildman–Crippen MR) is 57.4 cm³/mol. The molecule has 2 N–H and O–H groups in total. The molecule has 4 nitrogen and oxygen atoms in total. The number of hydrogen-bond donors (Lipinski definition) is 2. The number of aliphatic hydroxyl groups excluding tert-OH is 1. The molecule has 92 valence electrons. The number of hydrogen-bond acceptors (Lipinski definition) is 3. The Morgan fingerprint density at radius 2 is 2.18 bits per heavy atom. The van der Waals surface area contributed by atoms with Crippen LogP contribution >= 0.6 is 15.9 Å². The monoisotopic (exact) mass is 309 g/mol. The normalized spacial score (nSPS) is 14.2. The van der Waals surface area contributed by atoms with Gasteiger partial charge >= 0.3 is 6.18 Å². The van der Waals surface area contributed by atoms with Crippen LogP contribution in [0.3, 0.4) is 0 Å². The maximum atomic E-state index is 12.1. The van der Waals surface area contributed by atoms with Crippen LogP contribution in [0.15, 0.2) is 16.7 Å². The number of nitrogens with zero attached hydrogens (tertiary/aromatic N) is 2. The molecule has 0 aliphatic carbocycles. The zero-order chi connectivity index (χ0) is 12.6. The Balaban J connectivity index is 2.25. The molecule has 2 aromatic heterocycles. The minimum atomic E-state index is -4.65. The van der Waals surface area contributed by atoms with E-state index in [9.17, 15) is 13.2 Å². The average Bonchev–Trinajstić information content (AvgIpc) is 2.57. The largest absolute Gasteiger partial charge is 0.414 e. The highest BCUT2D eigenvalue weighted by Crippen LogP contribution is 2.23. The molecule has 0 spiro atoms. The lowest BCUT2D eigenvalue weighted by Gasteiger charge is -2.12. The van der Waals surface area contributed by atoms with Gasteiger partial charge in [0, 0.05) is 17.1 Å². The van der Waals surface area contributed by atoms with Crippen molar-refractivity contribution >= 4 is 27.1 Å². The molecule has 1 atom stereocenters. The van der Waals surface area contributed by atoms with E-state index < -0.39 is 18.7 Å². The summed E-state index contributed by atoms with van der Waals surface area (Å²) in [6.45, 7) is 0. The maximum Gasteiger partial charge on any atom is 0.414 e. The Morgan fingerprint density at radius 1 is 1.47 bits per heavy atom. The summed E-state index contributed by atoms with van der Waals surface area (Å²) >= 11 is 3.18. The number of fused-ring (bicyclic) bond motifs is 1. The number of aromatic amines is 1. The molecule has 2 heterocycles. The number of nitrogens with one attached hydrogen (secondary N) is 1. The second kappa shape index (κ2) is 4.26. The van der Waals surface area contributed by atoms with E-state index in [2.05, 4.69) is 30.9 Å². The van der Waals surface area contributed by atoms with Crippen LogP contribution in [0.25, 0.3) is 11.2 Å². The second-order valence-corrected chi connectivity index (χ2v) is 4.39. The fourth-order valence-corrected chi connectivity index (χ4v) is 1.65. The number of alkyl halides is 3. The van der Waals surface area contributed by atoms with Crippen molar-refractivity contribution in [2.75, 3.05) is 0 Å². The van der Waals surface area contributed by atoms with Crippen LogP contribution in [0.1, 0.15) is 5.82 Å². The van der Waals surface area contributed by atoms with Gasteiger partial charge in [-0.1, -0.05) is 0 Å². The SMILES string of the molecule is OC(Cc1nc2ncc(Br)cc2[nH]1)C(F)(F)F. The number of H-pyrrole nitrogens is 1. The topological polar surface area (TPSA) is 61.8 Å². The number of aromatic nitrogens is 3. The van der Waals surface area contributed by atoms with E-state index >= 15 is 0 Å². The number of pyridine rings is 1. The summed E-state index contributed by atoms with van der Waals surface area (Å²) in [5, 5.41) is 8.90. The minimum Gasteiger partial charge on any atom is -0.383 e. The van der Waals surface area contributed by atoms with E-state index in [-0.39, 0.29) is 5.82 Å². The summed E-state index contributed by atoms with van der Waals surface area (Å²) in [5.74, 6) is 0.0513. The Hall–Kier alpha value is -1.15. The van der Waals surface area contributed by atoms with Crippen LogP contribution in [-0.2, 0) is 6.42 Å². The van der Waals surface area contributed by atoms with Crippen molar-refractivity contribution in [3.63, 3.8) is 0 Å². The Morgan fingerprint density at radius 3 is 2.82 bits per heavy atom. The minimum absolute atomic E-state index is 0.0513. The van der Waals surface area contributed by atoms with E-state index in [1.54, 1.807) is 6.07 Å². The van der Waals surface area contributed by atoms with Crippen LogP contribution < -0.4 is 0 Å². The number of imidazole rings is 1. The highest BCUT2D eigenvalue weighted by atomic mass is 79.9. The summed E-state index contributed by atoms with van der Waals surface area (Å²) in [7, 11) is 0. The Bertz CT molecular complexity index is 540. The quantitative estimate of drug-likeness (QED) is 0.894. The first-order valence-corrected chi connectivity index (χ1v) is 5.40. The molecule has 0 saturated heterocycles. The fourth-order valence-electron chi connectivity index (χ4n) is 1.32. The third-order valence-corrected chi connectivity index (χ3v) is 2.55. The van der Waals surface area contributed by atoms with Crippen molar-refractivity contribution in [2.45, 2.75) is 18.7 Å². The first-order chi connectivity index (χ1) is 7.86. The van der Waals surface area contributed by atoms with Gasteiger partial charge in [-0.2, -0.15) is 13.2 Å². The summed E-state index contributed by atoms with van der Waals surface area (Å²) in [6, 6.07) is 1.65. The summed E-state index contributed by atoms with van der Waals surface area (Å²) in [6.07, 6.45) is -6.19. The summed E-state index contributed by atoms with van der Waals surface area (Å²) < 4.78 is 37.1. The van der Waals surface area contributed by atoms with Gasteiger partial charge in [-0.25, -0.2) is 9.97 Å². The molecule has 17 heavy (non-hydrogen) atoms. The lowest BCUT2D eigenvalue weighted by molar-refractivity contribution is -0.203. The van der Waals surface area contributed by atoms with Gasteiger partial charge < -0.3 is 10.1 Å². The Kier molecular flexibility index (Phi) is 3.09. The third kappa shape index (κ3) is 2.75. The fraction of sp³-hybridized carbons (Fsp3) is 0.333. The molecule has 0 bridgehead atoms. The lowest BCUT2D eigenvalue weighted by Crippen LogP contribution is -2.30. The standard InChI is InChI=1S/C9H7BrF3N3O/c10-4-1-5-8(14-3-4)16-7(15-5)2-6(17)9(11,12)13/h1,3,6,17H,2H2,(H,14,15,16). The maximum absolute atomic E-state index is 12.1. The zero-order valence-electron chi connectivity index (χ0n) is 8.29. The first-order valence-electron chi connectivity index (χ1n) is 4.61. The average molecular weight is 310 g/mol. The van der Waals surface area contributed by atoms with Crippen LogP contribution in [0.4, 0.5) is 13.2 Å². The number of rotatable bonds is 2. The van der Waals surface area contributed by atoms with Crippen molar-refractivity contribution in [1.82, 2.24) is 15.0 Å². The smallest absolute Gasteiger partial charge is 0.383 e. The van der Waals surface area contributed by atoms with Gasteiger partial charge in [-0.3, -0.25) is 0 Å². The second-order valence-electron chi connectivity index (χ2n) is 3.47. The predicted octanol–water partition coefficient (Wildman–Crippen LogP) is 2.19. The van der Waals surface area contributed by atoms with Gasteiger partial charge in [0.15, 0.2) is 11.8 Å². The van der Waals surface area contributed by atoms with Crippen molar-refractivity contribution in [3.8, 4) is 0 Å². The van der Waals surface area contributed by atoms with Crippen LogP contribution in [-0.4, -0.2) is 32.3 Å². The molecule has 0 saturated carbocycles. The van der Waals surface area contributed by atoms with Gasteiger partial charge in [0.05, 0.1) is 5.52 Å². The molecule has 1 unspecified atom stereocenters. The van der Waals surface area contributed by atoms with E-state index in [0.29, 0.717) is 15.6 Å². The van der Waals surface area contributed by atoms with Gasteiger partial charge in [-0.15, -0.1) is 0 Å². The number of aliphatic hydroxyl groups is 1. The lowest BCUT2D eigenvalue weighted by atomic mass is 10.2. The van der Waals surface area contributed by atoms with E-state index in [1.807, 2.05) is 0 Å². The molecule has 0 aliphatic rings. The summed E-state index contributed by atoms with van der Waals surface area (Å²) in [4.78, 5) is 10.5.